The molecule has 1 aliphatic heterocycles. The first-order valence-electron chi connectivity index (χ1n) is 9.21. The summed E-state index contributed by atoms with van der Waals surface area (Å²) >= 11 is 0. The second-order valence-corrected chi connectivity index (χ2v) is 6.89. The van der Waals surface area contributed by atoms with E-state index < -0.39 is 17.8 Å². The van der Waals surface area contributed by atoms with Crippen molar-refractivity contribution < 1.29 is 19.2 Å². The Morgan fingerprint density at radius 1 is 0.724 bits per heavy atom. The molecule has 140 valence electrons. The molecule has 4 aromatic carbocycles. The van der Waals surface area contributed by atoms with Crippen molar-refractivity contribution in [2.75, 3.05) is 0 Å². The van der Waals surface area contributed by atoms with Gasteiger partial charge in [-0.15, -0.1) is 0 Å². The Balaban J connectivity index is 1.45. The second-order valence-electron chi connectivity index (χ2n) is 6.89. The fourth-order valence-electron chi connectivity index (χ4n) is 3.83. The molecule has 29 heavy (non-hydrogen) atoms. The largest absolute Gasteiger partial charge is 0.337 e. The number of amides is 2. The van der Waals surface area contributed by atoms with Crippen LogP contribution in [0.15, 0.2) is 78.9 Å². The van der Waals surface area contributed by atoms with E-state index in [2.05, 4.69) is 0 Å². The number of hydrogen-bond acceptors (Lipinski definition) is 4. The molecule has 0 unspecified atom stereocenters. The average Bonchev–Trinajstić information content (AvgIpc) is 2.75. The van der Waals surface area contributed by atoms with Gasteiger partial charge in [0.2, 0.25) is 0 Å². The van der Waals surface area contributed by atoms with Crippen LogP contribution in [0.4, 0.5) is 0 Å². The second kappa shape index (κ2) is 6.56. The highest BCUT2D eigenvalue weighted by molar-refractivity contribution is 6.25. The smallest absolute Gasteiger partial charge is 0.329 e. The number of hydroxylamine groups is 2. The van der Waals surface area contributed by atoms with E-state index in [9.17, 15) is 14.4 Å². The Bertz CT molecular complexity index is 1270. The van der Waals surface area contributed by atoms with E-state index in [1.165, 1.54) is 0 Å². The van der Waals surface area contributed by atoms with Crippen LogP contribution >= 0.6 is 0 Å². The van der Waals surface area contributed by atoms with Crippen LogP contribution in [0.5, 0.6) is 0 Å². The Morgan fingerprint density at radius 2 is 1.31 bits per heavy atom. The van der Waals surface area contributed by atoms with E-state index in [4.69, 9.17) is 4.84 Å². The van der Waals surface area contributed by atoms with E-state index in [0.717, 1.165) is 21.7 Å². The van der Waals surface area contributed by atoms with Gasteiger partial charge in [0.25, 0.3) is 11.8 Å². The SMILES string of the molecule is O=C(Cc1cccc2ccccc12)ON1C(=O)c2cccc3cccc(c23)C1=O. The third-order valence-corrected chi connectivity index (χ3v) is 5.14. The average molecular weight is 381 g/mol. The van der Waals surface area contributed by atoms with Gasteiger partial charge in [-0.25, -0.2) is 4.79 Å². The van der Waals surface area contributed by atoms with E-state index >= 15 is 0 Å². The van der Waals surface area contributed by atoms with Crippen LogP contribution in [0.1, 0.15) is 26.3 Å². The van der Waals surface area contributed by atoms with Gasteiger partial charge in [-0.2, -0.15) is 0 Å². The molecular weight excluding hydrogens is 366 g/mol. The topological polar surface area (TPSA) is 63.7 Å². The molecule has 2 amide bonds. The third kappa shape index (κ3) is 2.75. The monoisotopic (exact) mass is 381 g/mol. The minimum absolute atomic E-state index is 0.0513. The van der Waals surface area contributed by atoms with Gasteiger partial charge < -0.3 is 4.84 Å². The van der Waals surface area contributed by atoms with E-state index in [0.29, 0.717) is 21.6 Å². The summed E-state index contributed by atoms with van der Waals surface area (Å²) in [6.45, 7) is 0. The molecule has 0 aliphatic carbocycles. The molecule has 0 saturated carbocycles. The first-order chi connectivity index (χ1) is 14.1. The molecule has 1 aliphatic rings. The summed E-state index contributed by atoms with van der Waals surface area (Å²) in [4.78, 5) is 43.5. The molecule has 0 spiro atoms. The molecule has 5 heteroatoms. The maximum absolute atomic E-state index is 12.8. The van der Waals surface area contributed by atoms with Gasteiger partial charge in [-0.1, -0.05) is 71.8 Å². The maximum Gasteiger partial charge on any atom is 0.337 e. The van der Waals surface area contributed by atoms with E-state index in [1.807, 2.05) is 54.6 Å². The maximum atomic E-state index is 12.8. The molecule has 5 nitrogen and oxygen atoms in total. The summed E-state index contributed by atoms with van der Waals surface area (Å²) in [7, 11) is 0. The molecule has 4 aromatic rings. The van der Waals surface area contributed by atoms with Crippen LogP contribution < -0.4 is 0 Å². The van der Waals surface area contributed by atoms with Crippen molar-refractivity contribution >= 4 is 39.3 Å². The van der Waals surface area contributed by atoms with Crippen molar-refractivity contribution in [2.24, 2.45) is 0 Å². The quantitative estimate of drug-likeness (QED) is 0.497. The van der Waals surface area contributed by atoms with Crippen molar-refractivity contribution in [3.8, 4) is 0 Å². The normalized spacial score (nSPS) is 13.2. The molecule has 0 atom stereocenters. The van der Waals surface area contributed by atoms with Gasteiger partial charge in [0.15, 0.2) is 0 Å². The Morgan fingerprint density at radius 3 is 2.03 bits per heavy atom. The number of imide groups is 1. The zero-order valence-electron chi connectivity index (χ0n) is 15.3. The molecule has 0 N–H and O–H groups in total. The number of hydrogen-bond donors (Lipinski definition) is 0. The minimum Gasteiger partial charge on any atom is -0.329 e. The Kier molecular flexibility index (Phi) is 3.88. The summed E-state index contributed by atoms with van der Waals surface area (Å²) in [6, 6.07) is 23.8. The predicted octanol–water partition coefficient (Wildman–Crippen LogP) is 4.29. The van der Waals surface area contributed by atoms with Crippen LogP contribution in [0, 0.1) is 0 Å². The highest BCUT2D eigenvalue weighted by Gasteiger charge is 2.35. The molecule has 1 heterocycles. The lowest BCUT2D eigenvalue weighted by Crippen LogP contribution is -2.42. The Labute approximate surface area is 166 Å². The number of rotatable bonds is 3. The van der Waals surface area contributed by atoms with Gasteiger partial charge >= 0.3 is 5.97 Å². The molecule has 0 bridgehead atoms. The van der Waals surface area contributed by atoms with Gasteiger partial charge in [0, 0.05) is 5.39 Å². The first kappa shape index (κ1) is 17.1. The number of fused-ring (bicyclic) bond motifs is 1. The summed E-state index contributed by atoms with van der Waals surface area (Å²) in [5, 5.41) is 3.89. The fourth-order valence-corrected chi connectivity index (χ4v) is 3.83. The molecule has 0 radical (unpaired) electrons. The molecule has 0 saturated heterocycles. The summed E-state index contributed by atoms with van der Waals surface area (Å²) in [5.41, 5.74) is 1.46. The van der Waals surface area contributed by atoms with Crippen LogP contribution in [-0.4, -0.2) is 22.8 Å². The number of benzene rings is 4. The van der Waals surface area contributed by atoms with Gasteiger partial charge in [-0.3, -0.25) is 9.59 Å². The van der Waals surface area contributed by atoms with Crippen molar-refractivity contribution in [2.45, 2.75) is 6.42 Å². The van der Waals surface area contributed by atoms with Crippen LogP contribution in [0.2, 0.25) is 0 Å². The van der Waals surface area contributed by atoms with Gasteiger partial charge in [-0.05, 0) is 33.9 Å². The zero-order chi connectivity index (χ0) is 20.0. The lowest BCUT2D eigenvalue weighted by Gasteiger charge is -2.25. The van der Waals surface area contributed by atoms with Crippen molar-refractivity contribution in [3.63, 3.8) is 0 Å². The van der Waals surface area contributed by atoms with Crippen molar-refractivity contribution in [1.29, 1.82) is 0 Å². The Hall–Kier alpha value is -3.99. The van der Waals surface area contributed by atoms with Crippen molar-refractivity contribution in [1.82, 2.24) is 5.06 Å². The fraction of sp³-hybridized carbons (Fsp3) is 0.0417. The van der Waals surface area contributed by atoms with Crippen LogP contribution in [0.25, 0.3) is 21.5 Å². The molecule has 0 fully saturated rings. The van der Waals surface area contributed by atoms with E-state index in [1.54, 1.807) is 24.3 Å². The summed E-state index contributed by atoms with van der Waals surface area (Å²) < 4.78 is 0. The number of nitrogens with zero attached hydrogens (tertiary/aromatic N) is 1. The van der Waals surface area contributed by atoms with Crippen LogP contribution in [-0.2, 0) is 16.1 Å². The minimum atomic E-state index is -0.672. The molecule has 5 rings (SSSR count). The van der Waals surface area contributed by atoms with Gasteiger partial charge in [0.1, 0.15) is 0 Å². The standard InChI is InChI=1S/C24H15NO4/c26-21(14-17-10-3-7-15-6-1-2-11-18(15)17)29-25-23(27)19-12-4-8-16-9-5-13-20(22(16)19)24(25)28/h1-13H,14H2. The molecule has 0 aromatic heterocycles. The lowest BCUT2D eigenvalue weighted by molar-refractivity contribution is -0.168. The predicted molar refractivity (Wildman–Crippen MR) is 108 cm³/mol. The number of carbonyl (C=O) groups excluding carboxylic acids is 3. The lowest BCUT2D eigenvalue weighted by atomic mass is 9.95. The number of carbonyl (C=O) groups is 3. The summed E-state index contributed by atoms with van der Waals surface area (Å²) in [6.07, 6.45) is -0.0513. The van der Waals surface area contributed by atoms with Crippen LogP contribution in [0.3, 0.4) is 0 Å². The molecular formula is C24H15NO4. The zero-order valence-corrected chi connectivity index (χ0v) is 15.3. The van der Waals surface area contributed by atoms with E-state index in [-0.39, 0.29) is 6.42 Å². The summed E-state index contributed by atoms with van der Waals surface area (Å²) in [5.74, 6) is -1.94. The highest BCUT2D eigenvalue weighted by Crippen LogP contribution is 2.30. The van der Waals surface area contributed by atoms with Gasteiger partial charge in [0.05, 0.1) is 17.5 Å². The van der Waals surface area contributed by atoms with Crippen molar-refractivity contribution in [3.05, 3.63) is 95.6 Å². The third-order valence-electron chi connectivity index (χ3n) is 5.14. The highest BCUT2D eigenvalue weighted by atomic mass is 16.7. The first-order valence-corrected chi connectivity index (χ1v) is 9.21.